The average Bonchev–Trinajstić information content (AvgIpc) is 2.76. The van der Waals surface area contributed by atoms with E-state index in [9.17, 15) is 14.0 Å². The fraction of sp³-hybridized carbons (Fsp3) is 0.227. The van der Waals surface area contributed by atoms with E-state index in [4.69, 9.17) is 11.6 Å². The highest BCUT2D eigenvalue weighted by Crippen LogP contribution is 2.19. The number of amides is 1. The first-order valence-electron chi connectivity index (χ1n) is 9.60. The van der Waals surface area contributed by atoms with Gasteiger partial charge in [-0.05, 0) is 36.4 Å². The van der Waals surface area contributed by atoms with Gasteiger partial charge in [0.15, 0.2) is 0 Å². The van der Waals surface area contributed by atoms with Crippen molar-refractivity contribution >= 4 is 23.2 Å². The number of carbonyl (C=O) groups excluding carboxylic acids is 1. The molecule has 0 spiro atoms. The number of anilines is 1. The van der Waals surface area contributed by atoms with Crippen LogP contribution in [-0.2, 0) is 11.3 Å². The van der Waals surface area contributed by atoms with E-state index in [1.807, 2.05) is 0 Å². The number of aromatic nitrogens is 2. The fourth-order valence-electron chi connectivity index (χ4n) is 3.43. The number of piperazine rings is 1. The molecule has 0 N–H and O–H groups in total. The zero-order valence-corrected chi connectivity index (χ0v) is 16.9. The zero-order chi connectivity index (χ0) is 21.1. The maximum Gasteiger partial charge on any atom is 0.254 e. The number of rotatable bonds is 4. The van der Waals surface area contributed by atoms with Crippen LogP contribution in [0.15, 0.2) is 65.7 Å². The molecule has 4 rings (SSSR count). The number of hydrogen-bond donors (Lipinski definition) is 0. The third-order valence-electron chi connectivity index (χ3n) is 5.15. The maximum absolute atomic E-state index is 13.1. The zero-order valence-electron chi connectivity index (χ0n) is 16.2. The van der Waals surface area contributed by atoms with Crippen LogP contribution in [0.4, 0.5) is 10.1 Å². The Morgan fingerprint density at radius 1 is 1.00 bits per heavy atom. The Morgan fingerprint density at radius 2 is 1.67 bits per heavy atom. The standard InChI is InChI=1S/C22H20ClFN4O2/c23-17-3-1-16(2-4-17)20-13-21(29)28(15-25-20)14-22(30)27-11-9-26(10-12-27)19-7-5-18(24)6-8-19/h1-8,13,15H,9-12,14H2. The minimum absolute atomic E-state index is 0.0523. The van der Waals surface area contributed by atoms with Gasteiger partial charge in [-0.1, -0.05) is 23.7 Å². The molecule has 1 fully saturated rings. The number of halogens is 2. The third-order valence-corrected chi connectivity index (χ3v) is 5.40. The second-order valence-electron chi connectivity index (χ2n) is 7.09. The molecule has 0 bridgehead atoms. The van der Waals surface area contributed by atoms with Crippen molar-refractivity contribution < 1.29 is 9.18 Å². The van der Waals surface area contributed by atoms with E-state index in [1.165, 1.54) is 29.1 Å². The molecule has 3 aromatic rings. The van der Waals surface area contributed by atoms with Gasteiger partial charge in [0.2, 0.25) is 5.91 Å². The summed E-state index contributed by atoms with van der Waals surface area (Å²) in [7, 11) is 0. The molecule has 0 unspecified atom stereocenters. The molecule has 1 saturated heterocycles. The van der Waals surface area contributed by atoms with Gasteiger partial charge in [0.25, 0.3) is 5.56 Å². The number of nitrogens with zero attached hydrogens (tertiary/aromatic N) is 4. The lowest BCUT2D eigenvalue weighted by Gasteiger charge is -2.36. The SMILES string of the molecule is O=C(Cn1cnc(-c2ccc(Cl)cc2)cc1=O)N1CCN(c2ccc(F)cc2)CC1. The van der Waals surface area contributed by atoms with Gasteiger partial charge in [-0.3, -0.25) is 14.2 Å². The molecule has 1 aromatic heterocycles. The molecule has 1 aliphatic heterocycles. The van der Waals surface area contributed by atoms with Crippen molar-refractivity contribution in [3.63, 3.8) is 0 Å². The van der Waals surface area contributed by atoms with E-state index in [1.54, 1.807) is 41.3 Å². The molecule has 0 saturated carbocycles. The highest BCUT2D eigenvalue weighted by molar-refractivity contribution is 6.30. The van der Waals surface area contributed by atoms with Crippen LogP contribution in [0.2, 0.25) is 5.02 Å². The Kier molecular flexibility index (Phi) is 5.81. The topological polar surface area (TPSA) is 58.4 Å². The molecular weight excluding hydrogens is 407 g/mol. The van der Waals surface area contributed by atoms with Crippen LogP contribution in [0.25, 0.3) is 11.3 Å². The van der Waals surface area contributed by atoms with Gasteiger partial charge in [0.1, 0.15) is 12.4 Å². The second kappa shape index (κ2) is 8.67. The Labute approximate surface area is 178 Å². The summed E-state index contributed by atoms with van der Waals surface area (Å²) in [5, 5.41) is 0.609. The van der Waals surface area contributed by atoms with Crippen molar-refractivity contribution in [2.24, 2.45) is 0 Å². The van der Waals surface area contributed by atoms with Crippen LogP contribution in [0.1, 0.15) is 0 Å². The quantitative estimate of drug-likeness (QED) is 0.643. The number of hydrogen-bond acceptors (Lipinski definition) is 4. The molecule has 0 atom stereocenters. The molecule has 30 heavy (non-hydrogen) atoms. The Balaban J connectivity index is 1.38. The summed E-state index contributed by atoms with van der Waals surface area (Å²) in [5.41, 5.74) is 1.97. The maximum atomic E-state index is 13.1. The van der Waals surface area contributed by atoms with Crippen molar-refractivity contribution in [3.8, 4) is 11.3 Å². The highest BCUT2D eigenvalue weighted by Gasteiger charge is 2.22. The molecule has 2 heterocycles. The van der Waals surface area contributed by atoms with Crippen LogP contribution in [-0.4, -0.2) is 46.5 Å². The van der Waals surface area contributed by atoms with E-state index < -0.39 is 0 Å². The Morgan fingerprint density at radius 3 is 2.30 bits per heavy atom. The molecule has 1 amide bonds. The molecule has 154 valence electrons. The highest BCUT2D eigenvalue weighted by atomic mass is 35.5. The van der Waals surface area contributed by atoms with Gasteiger partial charge < -0.3 is 9.80 Å². The number of benzene rings is 2. The van der Waals surface area contributed by atoms with Gasteiger partial charge in [0.05, 0.1) is 12.0 Å². The summed E-state index contributed by atoms with van der Waals surface area (Å²) < 4.78 is 14.4. The van der Waals surface area contributed by atoms with E-state index in [-0.39, 0.29) is 23.8 Å². The predicted octanol–water partition coefficient (Wildman–Crippen LogP) is 3.05. The molecule has 2 aromatic carbocycles. The molecular formula is C22H20ClFN4O2. The smallest absolute Gasteiger partial charge is 0.254 e. The van der Waals surface area contributed by atoms with Crippen molar-refractivity contribution in [1.29, 1.82) is 0 Å². The van der Waals surface area contributed by atoms with Gasteiger partial charge in [-0.15, -0.1) is 0 Å². The van der Waals surface area contributed by atoms with E-state index >= 15 is 0 Å². The van der Waals surface area contributed by atoms with Crippen molar-refractivity contribution in [2.75, 3.05) is 31.1 Å². The Hall–Kier alpha value is -3.19. The van der Waals surface area contributed by atoms with Crippen molar-refractivity contribution in [1.82, 2.24) is 14.5 Å². The van der Waals surface area contributed by atoms with Crippen LogP contribution in [0.5, 0.6) is 0 Å². The average molecular weight is 427 g/mol. The lowest BCUT2D eigenvalue weighted by atomic mass is 10.1. The first-order chi connectivity index (χ1) is 14.5. The molecule has 0 aliphatic carbocycles. The first kappa shape index (κ1) is 20.1. The van der Waals surface area contributed by atoms with E-state index in [2.05, 4.69) is 9.88 Å². The summed E-state index contributed by atoms with van der Waals surface area (Å²) in [6, 6.07) is 14.8. The van der Waals surface area contributed by atoms with Gasteiger partial charge in [-0.25, -0.2) is 9.37 Å². The van der Waals surface area contributed by atoms with Crippen LogP contribution in [0.3, 0.4) is 0 Å². The minimum atomic E-state index is -0.284. The third kappa shape index (κ3) is 4.52. The summed E-state index contributed by atoms with van der Waals surface area (Å²) in [4.78, 5) is 33.3. The number of carbonyl (C=O) groups is 1. The molecule has 8 heteroatoms. The Bertz CT molecular complexity index is 1090. The summed E-state index contributed by atoms with van der Waals surface area (Å²) in [5.74, 6) is -0.398. The minimum Gasteiger partial charge on any atom is -0.368 e. The largest absolute Gasteiger partial charge is 0.368 e. The molecule has 6 nitrogen and oxygen atoms in total. The lowest BCUT2D eigenvalue weighted by Crippen LogP contribution is -2.50. The molecule has 1 aliphatic rings. The fourth-order valence-corrected chi connectivity index (χ4v) is 3.56. The summed E-state index contributed by atoms with van der Waals surface area (Å²) >= 11 is 5.89. The summed E-state index contributed by atoms with van der Waals surface area (Å²) in [6.45, 7) is 2.34. The van der Waals surface area contributed by atoms with E-state index in [0.717, 1.165) is 11.3 Å². The van der Waals surface area contributed by atoms with Gasteiger partial charge in [0, 0.05) is 48.5 Å². The monoisotopic (exact) mass is 426 g/mol. The van der Waals surface area contributed by atoms with Crippen molar-refractivity contribution in [3.05, 3.63) is 82.1 Å². The normalized spacial score (nSPS) is 14.1. The first-order valence-corrected chi connectivity index (χ1v) is 9.98. The van der Waals surface area contributed by atoms with Crippen LogP contribution in [0, 0.1) is 5.82 Å². The van der Waals surface area contributed by atoms with Gasteiger partial charge in [-0.2, -0.15) is 0 Å². The van der Waals surface area contributed by atoms with Crippen LogP contribution >= 0.6 is 11.6 Å². The molecule has 0 radical (unpaired) electrons. The van der Waals surface area contributed by atoms with E-state index in [0.29, 0.717) is 36.9 Å². The van der Waals surface area contributed by atoms with Crippen molar-refractivity contribution in [2.45, 2.75) is 6.54 Å². The van der Waals surface area contributed by atoms with Crippen LogP contribution < -0.4 is 10.5 Å². The summed E-state index contributed by atoms with van der Waals surface area (Å²) in [6.07, 6.45) is 1.40. The lowest BCUT2D eigenvalue weighted by molar-refractivity contribution is -0.132. The second-order valence-corrected chi connectivity index (χ2v) is 7.53. The predicted molar refractivity (Wildman–Crippen MR) is 114 cm³/mol. The van der Waals surface area contributed by atoms with Gasteiger partial charge >= 0.3 is 0 Å².